The smallest absolute Gasteiger partial charge is 0.328 e. The molecule has 4 nitrogen and oxygen atoms in total. The van der Waals surface area contributed by atoms with Crippen LogP contribution in [0.3, 0.4) is 0 Å². The minimum Gasteiger partial charge on any atom is -0.465 e. The zero-order chi connectivity index (χ0) is 19.6. The lowest BCUT2D eigenvalue weighted by Crippen LogP contribution is -2.38. The Morgan fingerprint density at radius 1 is 0.962 bits per heavy atom. The summed E-state index contributed by atoms with van der Waals surface area (Å²) in [5, 5.41) is 0.408. The Kier molecular flexibility index (Phi) is 10.0. The van der Waals surface area contributed by atoms with Crippen LogP contribution in [0, 0.1) is 5.41 Å². The normalized spacial score (nSPS) is 11.3. The van der Waals surface area contributed by atoms with Crippen LogP contribution >= 0.6 is 23.2 Å². The summed E-state index contributed by atoms with van der Waals surface area (Å²) >= 11 is 11.9. The number of esters is 2. The second-order valence-corrected chi connectivity index (χ2v) is 7.61. The molecule has 0 radical (unpaired) electrons. The van der Waals surface area contributed by atoms with Crippen LogP contribution in [0.5, 0.6) is 5.75 Å². The molecule has 0 spiro atoms. The first-order chi connectivity index (χ1) is 12.3. The molecule has 6 heteroatoms. The first-order valence-corrected chi connectivity index (χ1v) is 9.89. The summed E-state index contributed by atoms with van der Waals surface area (Å²) in [5.74, 6) is -1.21. The zero-order valence-electron chi connectivity index (χ0n) is 15.8. The molecule has 0 bridgehead atoms. The van der Waals surface area contributed by atoms with E-state index in [1.54, 1.807) is 12.1 Å². The minimum atomic E-state index is -1.42. The molecule has 0 atom stereocenters. The Hall–Kier alpha value is -1.26. The van der Waals surface area contributed by atoms with E-state index in [1.807, 2.05) is 0 Å². The van der Waals surface area contributed by atoms with Gasteiger partial charge < -0.3 is 9.47 Å². The second kappa shape index (κ2) is 11.5. The molecular weight excluding hydrogens is 375 g/mol. The van der Waals surface area contributed by atoms with Crippen LogP contribution in [0.1, 0.15) is 65.7 Å². The highest BCUT2D eigenvalue weighted by Crippen LogP contribution is 2.33. The van der Waals surface area contributed by atoms with Crippen LogP contribution < -0.4 is 4.74 Å². The molecular formula is C20H28Cl2O4. The highest BCUT2D eigenvalue weighted by atomic mass is 35.5. The van der Waals surface area contributed by atoms with Crippen molar-refractivity contribution >= 4 is 35.1 Å². The minimum absolute atomic E-state index is 0.122. The fourth-order valence-corrected chi connectivity index (χ4v) is 2.61. The van der Waals surface area contributed by atoms with E-state index >= 15 is 0 Å². The second-order valence-electron chi connectivity index (χ2n) is 6.82. The van der Waals surface area contributed by atoms with E-state index in [9.17, 15) is 9.59 Å². The summed E-state index contributed by atoms with van der Waals surface area (Å²) in [6, 6.07) is 4.72. The van der Waals surface area contributed by atoms with Crippen molar-refractivity contribution in [2.24, 2.45) is 5.41 Å². The Morgan fingerprint density at radius 2 is 1.58 bits per heavy atom. The average molecular weight is 403 g/mol. The SMILES string of the molecule is CCCCCCCCCOC(=O)C(C)(C)C(=O)Oc1cccc(Cl)c1Cl. The van der Waals surface area contributed by atoms with Gasteiger partial charge in [0.25, 0.3) is 0 Å². The maximum atomic E-state index is 12.3. The molecule has 0 unspecified atom stereocenters. The predicted octanol–water partition coefficient (Wildman–Crippen LogP) is 6.22. The van der Waals surface area contributed by atoms with Crippen molar-refractivity contribution in [3.8, 4) is 5.75 Å². The van der Waals surface area contributed by atoms with Crippen LogP contribution in [0.4, 0.5) is 0 Å². The number of hydrogen-bond donors (Lipinski definition) is 0. The van der Waals surface area contributed by atoms with Gasteiger partial charge in [-0.15, -0.1) is 0 Å². The van der Waals surface area contributed by atoms with Crippen molar-refractivity contribution in [3.05, 3.63) is 28.2 Å². The van der Waals surface area contributed by atoms with Gasteiger partial charge in [0.15, 0.2) is 11.2 Å². The maximum absolute atomic E-state index is 12.3. The van der Waals surface area contributed by atoms with Gasteiger partial charge in [-0.2, -0.15) is 0 Å². The lowest BCUT2D eigenvalue weighted by atomic mass is 9.94. The Morgan fingerprint density at radius 3 is 2.23 bits per heavy atom. The van der Waals surface area contributed by atoms with Gasteiger partial charge in [-0.3, -0.25) is 9.59 Å². The Bertz CT molecular complexity index is 599. The number of halogens is 2. The van der Waals surface area contributed by atoms with E-state index in [0.717, 1.165) is 19.3 Å². The van der Waals surface area contributed by atoms with Gasteiger partial charge >= 0.3 is 11.9 Å². The van der Waals surface area contributed by atoms with Gasteiger partial charge in [0.1, 0.15) is 5.02 Å². The van der Waals surface area contributed by atoms with E-state index in [-0.39, 0.29) is 15.8 Å². The maximum Gasteiger partial charge on any atom is 0.328 e. The van der Waals surface area contributed by atoms with E-state index in [4.69, 9.17) is 32.7 Å². The molecule has 1 aromatic rings. The van der Waals surface area contributed by atoms with Crippen molar-refractivity contribution in [3.63, 3.8) is 0 Å². The predicted molar refractivity (Wildman–Crippen MR) is 105 cm³/mol. The van der Waals surface area contributed by atoms with Crippen LogP contribution in [-0.2, 0) is 14.3 Å². The van der Waals surface area contributed by atoms with Gasteiger partial charge in [0.05, 0.1) is 11.6 Å². The van der Waals surface area contributed by atoms with Crippen molar-refractivity contribution < 1.29 is 19.1 Å². The Labute approximate surface area is 166 Å². The highest BCUT2D eigenvalue weighted by Gasteiger charge is 2.40. The number of carbonyl (C=O) groups is 2. The molecule has 26 heavy (non-hydrogen) atoms. The van der Waals surface area contributed by atoms with Crippen molar-refractivity contribution in [1.82, 2.24) is 0 Å². The average Bonchev–Trinajstić information content (AvgIpc) is 2.60. The fraction of sp³-hybridized carbons (Fsp3) is 0.600. The van der Waals surface area contributed by atoms with Crippen LogP contribution in [0.25, 0.3) is 0 Å². The molecule has 1 rings (SSSR count). The standard InChI is InChI=1S/C20H28Cl2O4/c1-4-5-6-7-8-9-10-14-25-18(23)20(2,3)19(24)26-16-13-11-12-15(21)17(16)22/h11-13H,4-10,14H2,1-3H3. The number of ether oxygens (including phenoxy) is 2. The molecule has 0 fully saturated rings. The molecule has 0 saturated heterocycles. The third-order valence-corrected chi connectivity index (χ3v) is 4.92. The first kappa shape index (κ1) is 22.8. The Balaban J connectivity index is 2.41. The van der Waals surface area contributed by atoms with Gasteiger partial charge in [-0.25, -0.2) is 0 Å². The summed E-state index contributed by atoms with van der Waals surface area (Å²) < 4.78 is 10.5. The van der Waals surface area contributed by atoms with E-state index < -0.39 is 17.4 Å². The summed E-state index contributed by atoms with van der Waals surface area (Å²) in [5.41, 5.74) is -1.42. The van der Waals surface area contributed by atoms with Gasteiger partial charge in [0.2, 0.25) is 0 Å². The quantitative estimate of drug-likeness (QED) is 0.191. The van der Waals surface area contributed by atoms with Gasteiger partial charge in [-0.05, 0) is 32.4 Å². The molecule has 0 heterocycles. The molecule has 146 valence electrons. The number of hydrogen-bond acceptors (Lipinski definition) is 4. The number of rotatable bonds is 11. The third-order valence-electron chi connectivity index (χ3n) is 4.12. The topological polar surface area (TPSA) is 52.6 Å². The molecule has 0 amide bonds. The van der Waals surface area contributed by atoms with Crippen molar-refractivity contribution in [1.29, 1.82) is 0 Å². The van der Waals surface area contributed by atoms with Crippen molar-refractivity contribution in [2.75, 3.05) is 6.61 Å². The zero-order valence-corrected chi connectivity index (χ0v) is 17.3. The molecule has 0 aromatic heterocycles. The number of carbonyl (C=O) groups excluding carboxylic acids is 2. The molecule has 1 aromatic carbocycles. The van der Waals surface area contributed by atoms with Gasteiger partial charge in [0, 0.05) is 0 Å². The highest BCUT2D eigenvalue weighted by molar-refractivity contribution is 6.43. The summed E-state index contributed by atoms with van der Waals surface area (Å²) in [4.78, 5) is 24.6. The lowest BCUT2D eigenvalue weighted by Gasteiger charge is -2.21. The van der Waals surface area contributed by atoms with Crippen LogP contribution in [0.15, 0.2) is 18.2 Å². The molecule has 0 aliphatic carbocycles. The number of benzene rings is 1. The third kappa shape index (κ3) is 7.16. The monoisotopic (exact) mass is 402 g/mol. The van der Waals surface area contributed by atoms with Crippen molar-refractivity contribution in [2.45, 2.75) is 65.7 Å². The summed E-state index contributed by atoms with van der Waals surface area (Å²) in [6.45, 7) is 5.44. The molecule has 0 aliphatic heterocycles. The van der Waals surface area contributed by atoms with E-state index in [2.05, 4.69) is 6.92 Å². The largest absolute Gasteiger partial charge is 0.465 e. The molecule has 0 N–H and O–H groups in total. The van der Waals surface area contributed by atoms with Gasteiger partial charge in [-0.1, -0.05) is 74.7 Å². The van der Waals surface area contributed by atoms with Crippen LogP contribution in [0.2, 0.25) is 10.0 Å². The summed E-state index contributed by atoms with van der Waals surface area (Å²) in [6.07, 6.45) is 7.89. The molecule has 0 aliphatic rings. The summed E-state index contributed by atoms with van der Waals surface area (Å²) in [7, 11) is 0. The number of unbranched alkanes of at least 4 members (excludes halogenated alkanes) is 6. The lowest BCUT2D eigenvalue weighted by molar-refractivity contribution is -0.164. The van der Waals surface area contributed by atoms with E-state index in [1.165, 1.54) is 45.6 Å². The molecule has 0 saturated carbocycles. The van der Waals surface area contributed by atoms with Crippen LogP contribution in [-0.4, -0.2) is 18.5 Å². The first-order valence-electron chi connectivity index (χ1n) is 9.14. The fourth-order valence-electron chi connectivity index (χ4n) is 2.28. The van der Waals surface area contributed by atoms with E-state index in [0.29, 0.717) is 6.61 Å².